The first kappa shape index (κ1) is 12.9. The minimum absolute atomic E-state index is 0.0803. The quantitative estimate of drug-likeness (QED) is 0.665. The van der Waals surface area contributed by atoms with Crippen LogP contribution in [-0.2, 0) is 0 Å². The largest absolute Gasteiger partial charge is 0.487 e. The molecule has 4 unspecified atom stereocenters. The van der Waals surface area contributed by atoms with Gasteiger partial charge in [-0.15, -0.1) is 0 Å². The number of nitrogens with one attached hydrogen (secondary N) is 1. The van der Waals surface area contributed by atoms with Crippen LogP contribution in [0.3, 0.4) is 0 Å². The number of benzene rings is 1. The Labute approximate surface area is 123 Å². The van der Waals surface area contributed by atoms with Crippen molar-refractivity contribution in [3.63, 3.8) is 0 Å². The molecule has 0 saturated heterocycles. The highest BCUT2D eigenvalue weighted by Gasteiger charge is 2.65. The molecule has 3 aliphatic rings. The number of nitro benzene ring substituents is 1. The number of hydrogen-bond acceptors (Lipinski definition) is 4. The standard InChI is InChI=1S/C16H20N2O3/c1-2-21-12-5-3-4-11(16(12)18(19)20)17-15-13-9-6-7-10(8-9)14(13)15/h3-5,9-10,13-15,17H,2,6-8H2,1H3. The highest BCUT2D eigenvalue weighted by Crippen LogP contribution is 2.66. The molecule has 0 aromatic heterocycles. The first-order valence-corrected chi connectivity index (χ1v) is 7.87. The van der Waals surface area contributed by atoms with Crippen LogP contribution in [0, 0.1) is 33.8 Å². The van der Waals surface area contributed by atoms with Crippen LogP contribution in [0.5, 0.6) is 5.75 Å². The zero-order chi connectivity index (χ0) is 14.6. The molecule has 0 radical (unpaired) electrons. The van der Waals surface area contributed by atoms with E-state index < -0.39 is 0 Å². The Balaban J connectivity index is 1.58. The Morgan fingerprint density at radius 2 is 2.05 bits per heavy atom. The fraction of sp³-hybridized carbons (Fsp3) is 0.625. The fourth-order valence-electron chi connectivity index (χ4n) is 4.80. The normalized spacial score (nSPS) is 35.4. The molecule has 112 valence electrons. The lowest BCUT2D eigenvalue weighted by Gasteiger charge is -2.13. The molecule has 0 amide bonds. The van der Waals surface area contributed by atoms with Crippen LogP contribution in [0.25, 0.3) is 0 Å². The van der Waals surface area contributed by atoms with E-state index in [1.807, 2.05) is 13.0 Å². The van der Waals surface area contributed by atoms with Crippen molar-refractivity contribution in [2.24, 2.45) is 23.7 Å². The van der Waals surface area contributed by atoms with Gasteiger partial charge in [-0.3, -0.25) is 10.1 Å². The first-order chi connectivity index (χ1) is 10.2. The van der Waals surface area contributed by atoms with Crippen molar-refractivity contribution in [2.75, 3.05) is 11.9 Å². The third-order valence-electron chi connectivity index (χ3n) is 5.54. The lowest BCUT2D eigenvalue weighted by Crippen LogP contribution is -2.14. The van der Waals surface area contributed by atoms with Crippen LogP contribution >= 0.6 is 0 Å². The Bertz CT molecular complexity index is 573. The molecule has 4 rings (SSSR count). The van der Waals surface area contributed by atoms with Gasteiger partial charge in [-0.2, -0.15) is 0 Å². The minimum Gasteiger partial charge on any atom is -0.487 e. The van der Waals surface area contributed by atoms with Crippen molar-refractivity contribution in [3.05, 3.63) is 28.3 Å². The van der Waals surface area contributed by atoms with Gasteiger partial charge in [-0.1, -0.05) is 6.07 Å². The van der Waals surface area contributed by atoms with Crippen molar-refractivity contribution < 1.29 is 9.66 Å². The van der Waals surface area contributed by atoms with E-state index >= 15 is 0 Å². The van der Waals surface area contributed by atoms with Gasteiger partial charge in [0.1, 0.15) is 5.69 Å². The lowest BCUT2D eigenvalue weighted by atomic mass is 10.0. The van der Waals surface area contributed by atoms with Crippen LogP contribution < -0.4 is 10.1 Å². The van der Waals surface area contributed by atoms with E-state index in [0.717, 1.165) is 23.7 Å². The van der Waals surface area contributed by atoms with Gasteiger partial charge in [0, 0.05) is 6.04 Å². The number of fused-ring (bicyclic) bond motifs is 5. The van der Waals surface area contributed by atoms with E-state index in [2.05, 4.69) is 5.32 Å². The maximum atomic E-state index is 11.4. The molecule has 3 aliphatic carbocycles. The molecular formula is C16H20N2O3. The third-order valence-corrected chi connectivity index (χ3v) is 5.54. The molecule has 0 spiro atoms. The van der Waals surface area contributed by atoms with E-state index in [4.69, 9.17) is 4.74 Å². The Hall–Kier alpha value is -1.78. The summed E-state index contributed by atoms with van der Waals surface area (Å²) in [7, 11) is 0. The number of nitro groups is 1. The predicted octanol–water partition coefficient (Wildman–Crippen LogP) is 3.45. The molecule has 21 heavy (non-hydrogen) atoms. The molecule has 5 heteroatoms. The fourth-order valence-corrected chi connectivity index (χ4v) is 4.80. The molecule has 4 atom stereocenters. The summed E-state index contributed by atoms with van der Waals surface area (Å²) >= 11 is 0. The number of anilines is 1. The minimum atomic E-state index is -0.333. The number of para-hydroxylation sites is 1. The molecular weight excluding hydrogens is 268 g/mol. The molecule has 5 nitrogen and oxygen atoms in total. The maximum Gasteiger partial charge on any atom is 0.333 e. The average molecular weight is 288 g/mol. The van der Waals surface area contributed by atoms with Crippen molar-refractivity contribution in [2.45, 2.75) is 32.2 Å². The van der Waals surface area contributed by atoms with E-state index in [1.165, 1.54) is 19.3 Å². The predicted molar refractivity (Wildman–Crippen MR) is 79.5 cm³/mol. The summed E-state index contributed by atoms with van der Waals surface area (Å²) in [5, 5.41) is 14.8. The van der Waals surface area contributed by atoms with Crippen LogP contribution in [0.4, 0.5) is 11.4 Å². The second kappa shape index (κ2) is 4.61. The lowest BCUT2D eigenvalue weighted by molar-refractivity contribution is -0.384. The summed E-state index contributed by atoms with van der Waals surface area (Å²) in [4.78, 5) is 11.1. The zero-order valence-corrected chi connectivity index (χ0v) is 12.1. The second-order valence-electron chi connectivity index (χ2n) is 6.50. The van der Waals surface area contributed by atoms with E-state index in [1.54, 1.807) is 12.1 Å². The molecule has 0 aliphatic heterocycles. The summed E-state index contributed by atoms with van der Waals surface area (Å²) in [6.07, 6.45) is 4.09. The van der Waals surface area contributed by atoms with Crippen LogP contribution in [0.1, 0.15) is 26.2 Å². The molecule has 1 aromatic carbocycles. The van der Waals surface area contributed by atoms with Crippen LogP contribution in [0.2, 0.25) is 0 Å². The second-order valence-corrected chi connectivity index (χ2v) is 6.50. The number of rotatable bonds is 5. The zero-order valence-electron chi connectivity index (χ0n) is 12.1. The maximum absolute atomic E-state index is 11.4. The molecule has 3 fully saturated rings. The van der Waals surface area contributed by atoms with Crippen LogP contribution in [0.15, 0.2) is 18.2 Å². The first-order valence-electron chi connectivity index (χ1n) is 7.87. The summed E-state index contributed by atoms with van der Waals surface area (Å²) in [6, 6.07) is 5.74. The number of hydrogen-bond donors (Lipinski definition) is 1. The number of nitrogens with zero attached hydrogens (tertiary/aromatic N) is 1. The average Bonchev–Trinajstić information content (AvgIpc) is 2.84. The van der Waals surface area contributed by atoms with Gasteiger partial charge in [0.2, 0.25) is 0 Å². The Morgan fingerprint density at radius 1 is 1.33 bits per heavy atom. The van der Waals surface area contributed by atoms with E-state index in [9.17, 15) is 10.1 Å². The van der Waals surface area contributed by atoms with Crippen molar-refractivity contribution >= 4 is 11.4 Å². The Kier molecular flexibility index (Phi) is 2.84. The smallest absolute Gasteiger partial charge is 0.333 e. The highest BCUT2D eigenvalue weighted by atomic mass is 16.6. The van der Waals surface area contributed by atoms with Crippen molar-refractivity contribution in [1.29, 1.82) is 0 Å². The highest BCUT2D eigenvalue weighted by molar-refractivity contribution is 5.69. The van der Waals surface area contributed by atoms with Gasteiger partial charge >= 0.3 is 5.69 Å². The van der Waals surface area contributed by atoms with Gasteiger partial charge in [-0.05, 0) is 62.0 Å². The summed E-state index contributed by atoms with van der Waals surface area (Å²) in [5.74, 6) is 3.57. The van der Waals surface area contributed by atoms with Gasteiger partial charge in [0.05, 0.1) is 11.5 Å². The van der Waals surface area contributed by atoms with Gasteiger partial charge < -0.3 is 10.1 Å². The summed E-state index contributed by atoms with van der Waals surface area (Å²) in [6.45, 7) is 2.27. The van der Waals surface area contributed by atoms with Gasteiger partial charge in [0.25, 0.3) is 0 Å². The van der Waals surface area contributed by atoms with Gasteiger partial charge in [0.15, 0.2) is 5.75 Å². The SMILES string of the molecule is CCOc1cccc(NC2C3C4CCC(C4)C23)c1[N+](=O)[O-]. The van der Waals surface area contributed by atoms with Crippen molar-refractivity contribution in [3.8, 4) is 5.75 Å². The molecule has 3 saturated carbocycles. The van der Waals surface area contributed by atoms with E-state index in [-0.39, 0.29) is 10.6 Å². The van der Waals surface area contributed by atoms with Gasteiger partial charge in [-0.25, -0.2) is 0 Å². The Morgan fingerprint density at radius 3 is 2.67 bits per heavy atom. The molecule has 1 N–H and O–H groups in total. The summed E-state index contributed by atoms with van der Waals surface area (Å²) in [5.41, 5.74) is 0.696. The van der Waals surface area contributed by atoms with Crippen molar-refractivity contribution in [1.82, 2.24) is 0 Å². The molecule has 0 heterocycles. The third kappa shape index (κ3) is 1.90. The topological polar surface area (TPSA) is 64.4 Å². The molecule has 1 aromatic rings. The molecule has 2 bridgehead atoms. The summed E-state index contributed by atoms with van der Waals surface area (Å²) < 4.78 is 5.41. The van der Waals surface area contributed by atoms with E-state index in [0.29, 0.717) is 24.1 Å². The number of ether oxygens (including phenoxy) is 1. The van der Waals surface area contributed by atoms with Crippen LogP contribution in [-0.4, -0.2) is 17.6 Å². The monoisotopic (exact) mass is 288 g/mol.